The molecule has 6 heteroatoms. The lowest BCUT2D eigenvalue weighted by Crippen LogP contribution is -2.24. The fourth-order valence-corrected chi connectivity index (χ4v) is 2.99. The summed E-state index contributed by atoms with van der Waals surface area (Å²) in [6.07, 6.45) is 2.63. The molecule has 0 saturated heterocycles. The van der Waals surface area contributed by atoms with Gasteiger partial charge in [-0.05, 0) is 26.0 Å². The zero-order valence-electron chi connectivity index (χ0n) is 12.7. The molecule has 1 aromatic carbocycles. The van der Waals surface area contributed by atoms with E-state index in [9.17, 15) is 0 Å². The molecule has 5 nitrogen and oxygen atoms in total. The van der Waals surface area contributed by atoms with Gasteiger partial charge in [0.15, 0.2) is 5.16 Å². The van der Waals surface area contributed by atoms with Gasteiger partial charge in [-0.3, -0.25) is 5.10 Å². The van der Waals surface area contributed by atoms with Gasteiger partial charge in [-0.15, -0.1) is 0 Å². The molecule has 1 aromatic heterocycles. The molecule has 1 heterocycles. The van der Waals surface area contributed by atoms with E-state index in [0.29, 0.717) is 0 Å². The van der Waals surface area contributed by atoms with Gasteiger partial charge in [-0.2, -0.15) is 5.10 Å². The monoisotopic (exact) mass is 306 g/mol. The number of nitrogens with zero attached hydrogens (tertiary/aromatic N) is 2. The molecule has 0 aliphatic heterocycles. The minimum atomic E-state index is 0.218. The third kappa shape index (κ3) is 4.47. The summed E-state index contributed by atoms with van der Waals surface area (Å²) >= 11 is 1.66. The molecule has 1 unspecified atom stereocenters. The van der Waals surface area contributed by atoms with Gasteiger partial charge < -0.3 is 10.1 Å². The number of nitrogens with one attached hydrogen (secondary N) is 2. The molecule has 0 aliphatic rings. The summed E-state index contributed by atoms with van der Waals surface area (Å²) in [6, 6.07) is 6.51. The second kappa shape index (κ2) is 8.05. The number of H-pyrrole nitrogens is 1. The van der Waals surface area contributed by atoms with Crippen molar-refractivity contribution in [3.05, 3.63) is 35.7 Å². The number of aryl methyl sites for hydroxylation is 1. The van der Waals surface area contributed by atoms with Crippen LogP contribution < -0.4 is 10.1 Å². The first-order valence-corrected chi connectivity index (χ1v) is 8.09. The molecule has 0 spiro atoms. The van der Waals surface area contributed by atoms with Gasteiger partial charge in [-0.1, -0.05) is 36.4 Å². The van der Waals surface area contributed by atoms with E-state index in [1.165, 1.54) is 17.5 Å². The molecular weight excluding hydrogens is 284 g/mol. The first-order valence-electron chi connectivity index (χ1n) is 7.10. The van der Waals surface area contributed by atoms with Crippen molar-refractivity contribution in [1.29, 1.82) is 0 Å². The molecule has 21 heavy (non-hydrogen) atoms. The van der Waals surface area contributed by atoms with Crippen LogP contribution in [0.25, 0.3) is 0 Å². The molecule has 2 aromatic rings. The summed E-state index contributed by atoms with van der Waals surface area (Å²) in [5.41, 5.74) is 2.43. The van der Waals surface area contributed by atoms with E-state index < -0.39 is 0 Å². The second-order valence-electron chi connectivity index (χ2n) is 4.85. The Balaban J connectivity index is 2.16. The van der Waals surface area contributed by atoms with Crippen molar-refractivity contribution in [1.82, 2.24) is 20.5 Å². The van der Waals surface area contributed by atoms with E-state index in [4.69, 9.17) is 4.74 Å². The van der Waals surface area contributed by atoms with Crippen molar-refractivity contribution in [2.24, 2.45) is 0 Å². The normalized spacial score (nSPS) is 12.3. The van der Waals surface area contributed by atoms with Crippen LogP contribution in [0.2, 0.25) is 0 Å². The number of methoxy groups -OCH3 is 1. The molecule has 0 bridgehead atoms. The predicted octanol–water partition coefficient (Wildman–Crippen LogP) is 2.95. The maximum atomic E-state index is 5.51. The highest BCUT2D eigenvalue weighted by Gasteiger charge is 2.17. The van der Waals surface area contributed by atoms with Gasteiger partial charge in [0.2, 0.25) is 0 Å². The minimum Gasteiger partial charge on any atom is -0.496 e. The lowest BCUT2D eigenvalue weighted by atomic mass is 10.0. The highest BCUT2D eigenvalue weighted by Crippen LogP contribution is 2.30. The summed E-state index contributed by atoms with van der Waals surface area (Å²) in [4.78, 5) is 4.16. The molecule has 0 aliphatic carbocycles. The van der Waals surface area contributed by atoms with Crippen LogP contribution in [0.4, 0.5) is 0 Å². The number of hydrogen-bond donors (Lipinski definition) is 2. The molecule has 114 valence electrons. The van der Waals surface area contributed by atoms with Crippen LogP contribution in [0.5, 0.6) is 5.75 Å². The summed E-state index contributed by atoms with van der Waals surface area (Å²) in [6.45, 7) is 5.24. The van der Waals surface area contributed by atoms with E-state index in [1.54, 1.807) is 18.9 Å². The quantitative estimate of drug-likeness (QED) is 0.734. The van der Waals surface area contributed by atoms with Crippen molar-refractivity contribution < 1.29 is 4.74 Å². The third-order valence-corrected chi connectivity index (χ3v) is 4.15. The van der Waals surface area contributed by atoms with Gasteiger partial charge in [0.1, 0.15) is 12.1 Å². The minimum absolute atomic E-state index is 0.218. The van der Waals surface area contributed by atoms with Crippen LogP contribution in [-0.4, -0.2) is 34.6 Å². The van der Waals surface area contributed by atoms with Crippen LogP contribution in [0.3, 0.4) is 0 Å². The molecular formula is C15H22N4OS. The molecule has 2 rings (SSSR count). The summed E-state index contributed by atoms with van der Waals surface area (Å²) in [5.74, 6) is 1.79. The molecule has 0 saturated carbocycles. The average molecular weight is 306 g/mol. The smallest absolute Gasteiger partial charge is 0.183 e. The van der Waals surface area contributed by atoms with E-state index >= 15 is 0 Å². The zero-order valence-corrected chi connectivity index (χ0v) is 13.5. The largest absolute Gasteiger partial charge is 0.496 e. The fraction of sp³-hybridized carbons (Fsp3) is 0.467. The number of hydrogen-bond acceptors (Lipinski definition) is 5. The average Bonchev–Trinajstić information content (AvgIpc) is 3.01. The lowest BCUT2D eigenvalue weighted by Gasteiger charge is -2.21. The van der Waals surface area contributed by atoms with Gasteiger partial charge >= 0.3 is 0 Å². The molecule has 2 N–H and O–H groups in total. The molecule has 0 amide bonds. The van der Waals surface area contributed by atoms with Crippen LogP contribution in [0.15, 0.2) is 29.7 Å². The predicted molar refractivity (Wildman–Crippen MR) is 85.9 cm³/mol. The highest BCUT2D eigenvalue weighted by molar-refractivity contribution is 7.99. The Morgan fingerprint density at radius 3 is 2.95 bits per heavy atom. The Morgan fingerprint density at radius 2 is 2.29 bits per heavy atom. The number of benzene rings is 1. The Kier molecular flexibility index (Phi) is 6.07. The Hall–Kier alpha value is -1.53. The Labute approximate surface area is 129 Å². The first-order chi connectivity index (χ1) is 10.2. The van der Waals surface area contributed by atoms with Crippen molar-refractivity contribution in [2.75, 3.05) is 19.4 Å². The third-order valence-electron chi connectivity index (χ3n) is 3.18. The maximum absolute atomic E-state index is 5.51. The van der Waals surface area contributed by atoms with E-state index in [2.05, 4.69) is 46.5 Å². The topological polar surface area (TPSA) is 62.8 Å². The highest BCUT2D eigenvalue weighted by atomic mass is 32.2. The van der Waals surface area contributed by atoms with E-state index in [1.807, 2.05) is 6.07 Å². The first kappa shape index (κ1) is 15.9. The standard InChI is InChI=1S/C15H22N4OS/c1-4-7-16-13(9-21-15-17-10-18-19-15)12-8-11(2)5-6-14(12)20-3/h5-6,8,10,13,16H,4,7,9H2,1-3H3,(H,17,18,19). The van der Waals surface area contributed by atoms with Crippen molar-refractivity contribution in [2.45, 2.75) is 31.5 Å². The van der Waals surface area contributed by atoms with Gasteiger partial charge in [0.25, 0.3) is 0 Å². The molecule has 0 fully saturated rings. The summed E-state index contributed by atoms with van der Waals surface area (Å²) < 4.78 is 5.51. The Bertz CT molecular complexity index is 545. The zero-order chi connectivity index (χ0) is 15.1. The van der Waals surface area contributed by atoms with Crippen molar-refractivity contribution >= 4 is 11.8 Å². The second-order valence-corrected chi connectivity index (χ2v) is 5.86. The van der Waals surface area contributed by atoms with Gasteiger partial charge in [-0.25, -0.2) is 4.98 Å². The van der Waals surface area contributed by atoms with Crippen LogP contribution in [0, 0.1) is 6.92 Å². The van der Waals surface area contributed by atoms with E-state index in [-0.39, 0.29) is 6.04 Å². The summed E-state index contributed by atoms with van der Waals surface area (Å²) in [5, 5.41) is 11.2. The number of thioether (sulfide) groups is 1. The fourth-order valence-electron chi connectivity index (χ4n) is 2.13. The Morgan fingerprint density at radius 1 is 1.43 bits per heavy atom. The molecule has 0 radical (unpaired) electrons. The molecule has 1 atom stereocenters. The number of rotatable bonds is 8. The van der Waals surface area contributed by atoms with Gasteiger partial charge in [0.05, 0.1) is 7.11 Å². The number of aromatic nitrogens is 3. The van der Waals surface area contributed by atoms with Crippen LogP contribution >= 0.6 is 11.8 Å². The van der Waals surface area contributed by atoms with E-state index in [0.717, 1.165) is 29.6 Å². The number of ether oxygens (including phenoxy) is 1. The maximum Gasteiger partial charge on any atom is 0.183 e. The lowest BCUT2D eigenvalue weighted by molar-refractivity contribution is 0.402. The summed E-state index contributed by atoms with van der Waals surface area (Å²) in [7, 11) is 1.72. The van der Waals surface area contributed by atoms with Crippen LogP contribution in [0.1, 0.15) is 30.5 Å². The van der Waals surface area contributed by atoms with Crippen molar-refractivity contribution in [3.8, 4) is 5.75 Å². The van der Waals surface area contributed by atoms with Gasteiger partial charge in [0, 0.05) is 17.4 Å². The SMILES string of the molecule is CCCNC(CSc1ncn[nH]1)c1cc(C)ccc1OC. The van der Waals surface area contributed by atoms with Crippen molar-refractivity contribution in [3.63, 3.8) is 0 Å². The van der Waals surface area contributed by atoms with Crippen LogP contribution in [-0.2, 0) is 0 Å². The number of aromatic amines is 1.